The summed E-state index contributed by atoms with van der Waals surface area (Å²) >= 11 is 6.49. The fourth-order valence-electron chi connectivity index (χ4n) is 3.53. The molecule has 0 saturated carbocycles. The van der Waals surface area contributed by atoms with Gasteiger partial charge < -0.3 is 15.7 Å². The molecule has 1 aliphatic heterocycles. The number of hydrogen-bond acceptors (Lipinski definition) is 5. The molecule has 2 heterocycles. The van der Waals surface area contributed by atoms with Crippen molar-refractivity contribution in [1.82, 2.24) is 4.98 Å². The molecule has 1 aromatic carbocycles. The molecule has 7 heteroatoms. The molecule has 0 spiro atoms. The summed E-state index contributed by atoms with van der Waals surface area (Å²) in [4.78, 5) is 21.5. The molecule has 1 amide bonds. The molecule has 4 rings (SSSR count). The Kier molecular flexibility index (Phi) is 6.30. The van der Waals surface area contributed by atoms with Gasteiger partial charge in [-0.1, -0.05) is 42.0 Å². The molecule has 2 aliphatic rings. The molecule has 0 bridgehead atoms. The molecule has 0 radical (unpaired) electrons. The predicted molar refractivity (Wildman–Crippen MR) is 125 cm³/mol. The van der Waals surface area contributed by atoms with Gasteiger partial charge in [0.15, 0.2) is 0 Å². The number of benzene rings is 1. The van der Waals surface area contributed by atoms with Crippen LogP contribution in [0.4, 0.5) is 11.5 Å². The first kappa shape index (κ1) is 21.0. The highest BCUT2D eigenvalue weighted by molar-refractivity contribution is 6.34. The number of rotatable bonds is 6. The van der Waals surface area contributed by atoms with Crippen molar-refractivity contribution in [3.63, 3.8) is 0 Å². The number of aliphatic hydroxyl groups is 1. The van der Waals surface area contributed by atoms with Crippen LogP contribution in [0.25, 0.3) is 0 Å². The third kappa shape index (κ3) is 4.93. The normalized spacial score (nSPS) is 20.0. The topological polar surface area (TPSA) is 86.6 Å². The summed E-state index contributed by atoms with van der Waals surface area (Å²) in [5.41, 5.74) is 2.74. The Bertz CT molecular complexity index is 1090. The van der Waals surface area contributed by atoms with Crippen LogP contribution in [0.1, 0.15) is 22.8 Å². The van der Waals surface area contributed by atoms with Crippen molar-refractivity contribution < 1.29 is 9.90 Å². The monoisotopic (exact) mass is 434 g/mol. The van der Waals surface area contributed by atoms with E-state index in [1.165, 1.54) is 6.20 Å². The van der Waals surface area contributed by atoms with Crippen molar-refractivity contribution in [2.24, 2.45) is 16.8 Å². The average molecular weight is 435 g/mol. The van der Waals surface area contributed by atoms with Gasteiger partial charge in [-0.15, -0.1) is 0 Å². The van der Waals surface area contributed by atoms with Gasteiger partial charge in [0.25, 0.3) is 5.91 Å². The van der Waals surface area contributed by atoms with Crippen LogP contribution in [-0.4, -0.2) is 34.4 Å². The fourth-order valence-corrected chi connectivity index (χ4v) is 3.74. The van der Waals surface area contributed by atoms with Gasteiger partial charge in [-0.2, -0.15) is 0 Å². The van der Waals surface area contributed by atoms with E-state index in [2.05, 4.69) is 38.8 Å². The van der Waals surface area contributed by atoms with Gasteiger partial charge in [0, 0.05) is 47.1 Å². The van der Waals surface area contributed by atoms with Gasteiger partial charge >= 0.3 is 0 Å². The number of fused-ring (bicyclic) bond motifs is 1. The van der Waals surface area contributed by atoms with E-state index < -0.39 is 6.10 Å². The van der Waals surface area contributed by atoms with E-state index in [1.807, 2.05) is 18.2 Å². The van der Waals surface area contributed by atoms with E-state index in [4.69, 9.17) is 11.6 Å². The van der Waals surface area contributed by atoms with Gasteiger partial charge in [-0.05, 0) is 37.3 Å². The van der Waals surface area contributed by atoms with E-state index in [-0.39, 0.29) is 17.7 Å². The van der Waals surface area contributed by atoms with Crippen molar-refractivity contribution in [3.8, 4) is 0 Å². The summed E-state index contributed by atoms with van der Waals surface area (Å²) in [6.45, 7) is 2.07. The van der Waals surface area contributed by atoms with Crippen molar-refractivity contribution in [2.45, 2.75) is 13.0 Å². The van der Waals surface area contributed by atoms with Crippen LogP contribution in [0.5, 0.6) is 0 Å². The lowest BCUT2D eigenvalue weighted by molar-refractivity contribution is 0.102. The standard InChI is InChI=1S/C24H23ClN4O2/c1-15(30)13-27-22-9-6-17(14-28-22)24(31)29-18-7-8-21(25)20(12-18)23-19-5-3-2-4-16(19)10-11-26-23/h2-12,14-16,19,30H,13H2,1H3,(H,27,28)(H,29,31)/t15-,16?,19?/m1/s1. The quantitative estimate of drug-likeness (QED) is 0.626. The fraction of sp³-hybridized carbons (Fsp3) is 0.208. The predicted octanol–water partition coefficient (Wildman–Crippen LogP) is 4.45. The largest absolute Gasteiger partial charge is 0.392 e. The molecule has 31 heavy (non-hydrogen) atoms. The summed E-state index contributed by atoms with van der Waals surface area (Å²) in [6.07, 6.45) is 13.2. The number of hydrogen-bond donors (Lipinski definition) is 3. The maximum absolute atomic E-state index is 12.7. The van der Waals surface area contributed by atoms with Crippen LogP contribution in [0.3, 0.4) is 0 Å². The zero-order valence-corrected chi connectivity index (χ0v) is 17.8. The number of carbonyl (C=O) groups is 1. The first-order chi connectivity index (χ1) is 15.0. The van der Waals surface area contributed by atoms with E-state index in [9.17, 15) is 9.90 Å². The van der Waals surface area contributed by atoms with Crippen molar-refractivity contribution in [1.29, 1.82) is 0 Å². The zero-order valence-electron chi connectivity index (χ0n) is 17.0. The molecular weight excluding hydrogens is 412 g/mol. The number of aliphatic imine (C=N–C) groups is 1. The highest BCUT2D eigenvalue weighted by Crippen LogP contribution is 2.32. The van der Waals surface area contributed by atoms with E-state index in [0.29, 0.717) is 28.6 Å². The number of aromatic nitrogens is 1. The number of amides is 1. The first-order valence-electron chi connectivity index (χ1n) is 10.1. The molecular formula is C24H23ClN4O2. The maximum Gasteiger partial charge on any atom is 0.257 e. The molecule has 0 saturated heterocycles. The zero-order chi connectivity index (χ0) is 21.8. The minimum absolute atomic E-state index is 0.115. The van der Waals surface area contributed by atoms with Gasteiger partial charge in [0.05, 0.1) is 17.4 Å². The summed E-state index contributed by atoms with van der Waals surface area (Å²) < 4.78 is 0. The number of allylic oxidation sites excluding steroid dienone is 5. The van der Waals surface area contributed by atoms with Crippen LogP contribution >= 0.6 is 11.6 Å². The van der Waals surface area contributed by atoms with E-state index in [0.717, 1.165) is 11.3 Å². The summed E-state index contributed by atoms with van der Waals surface area (Å²) in [5.74, 6) is 0.689. The van der Waals surface area contributed by atoms with Gasteiger partial charge in [-0.3, -0.25) is 9.79 Å². The molecule has 3 atom stereocenters. The molecule has 2 aromatic rings. The average Bonchev–Trinajstić information content (AvgIpc) is 2.79. The van der Waals surface area contributed by atoms with Crippen molar-refractivity contribution in [3.05, 3.63) is 89.3 Å². The minimum Gasteiger partial charge on any atom is -0.392 e. The minimum atomic E-state index is -0.483. The summed E-state index contributed by atoms with van der Waals surface area (Å²) in [7, 11) is 0. The maximum atomic E-state index is 12.7. The van der Waals surface area contributed by atoms with Gasteiger partial charge in [0.2, 0.25) is 0 Å². The second kappa shape index (κ2) is 9.29. The van der Waals surface area contributed by atoms with Gasteiger partial charge in [-0.25, -0.2) is 4.98 Å². The first-order valence-corrected chi connectivity index (χ1v) is 10.5. The van der Waals surface area contributed by atoms with E-state index >= 15 is 0 Å². The highest BCUT2D eigenvalue weighted by Gasteiger charge is 2.26. The van der Waals surface area contributed by atoms with Crippen LogP contribution in [0, 0.1) is 11.8 Å². The molecule has 158 valence electrons. The third-order valence-electron chi connectivity index (χ3n) is 5.12. The second-order valence-corrected chi connectivity index (χ2v) is 7.95. The number of nitrogens with one attached hydrogen (secondary N) is 2. The number of carbonyl (C=O) groups excluding carboxylic acids is 1. The Balaban J connectivity index is 1.50. The van der Waals surface area contributed by atoms with Crippen LogP contribution in [0.2, 0.25) is 5.02 Å². The smallest absolute Gasteiger partial charge is 0.257 e. The van der Waals surface area contributed by atoms with Crippen LogP contribution in [0.15, 0.2) is 78.1 Å². The Morgan fingerprint density at radius 3 is 2.81 bits per heavy atom. The lowest BCUT2D eigenvalue weighted by Crippen LogP contribution is -2.24. The molecule has 1 aliphatic carbocycles. The Hall–Kier alpha value is -3.22. The Morgan fingerprint density at radius 1 is 1.19 bits per heavy atom. The van der Waals surface area contributed by atoms with Crippen molar-refractivity contribution >= 4 is 34.7 Å². The number of nitrogens with zero attached hydrogens (tertiary/aromatic N) is 2. The number of pyridine rings is 1. The van der Waals surface area contributed by atoms with Crippen LogP contribution < -0.4 is 10.6 Å². The number of halogens is 1. The number of anilines is 2. The lowest BCUT2D eigenvalue weighted by atomic mass is 9.81. The number of aliphatic hydroxyl groups excluding tert-OH is 1. The lowest BCUT2D eigenvalue weighted by Gasteiger charge is -2.26. The molecule has 3 N–H and O–H groups in total. The third-order valence-corrected chi connectivity index (χ3v) is 5.45. The summed E-state index contributed by atoms with van der Waals surface area (Å²) in [6, 6.07) is 8.78. The van der Waals surface area contributed by atoms with Crippen molar-refractivity contribution in [2.75, 3.05) is 17.2 Å². The van der Waals surface area contributed by atoms with E-state index in [1.54, 1.807) is 37.4 Å². The highest BCUT2D eigenvalue weighted by atomic mass is 35.5. The Labute approximate surface area is 186 Å². The van der Waals surface area contributed by atoms with Crippen LogP contribution in [-0.2, 0) is 0 Å². The SMILES string of the molecule is C[C@@H](O)CNc1ccc(C(=O)Nc2ccc(Cl)c(C3=NC=CC4C=CC=CC34)c2)cn1. The second-order valence-electron chi connectivity index (χ2n) is 7.54. The molecule has 2 unspecified atom stereocenters. The molecule has 1 aromatic heterocycles. The Morgan fingerprint density at radius 2 is 2.03 bits per heavy atom. The van der Waals surface area contributed by atoms with Gasteiger partial charge in [0.1, 0.15) is 5.82 Å². The molecule has 0 fully saturated rings. The molecule has 6 nitrogen and oxygen atoms in total. The summed E-state index contributed by atoms with van der Waals surface area (Å²) in [5, 5.41) is 15.8.